The molecule has 0 atom stereocenters. The zero-order valence-corrected chi connectivity index (χ0v) is 11.8. The monoisotopic (exact) mass is 321 g/mol. The molecule has 7 heteroatoms. The van der Waals surface area contributed by atoms with Gasteiger partial charge in [-0.1, -0.05) is 11.3 Å². The normalized spacial score (nSPS) is 10.8. The predicted molar refractivity (Wildman–Crippen MR) is 75.2 cm³/mol. The number of nitrogens with one attached hydrogen (secondary N) is 1. The maximum absolute atomic E-state index is 4.48. The zero-order chi connectivity index (χ0) is 12.5. The lowest BCUT2D eigenvalue weighted by atomic mass is 10.3. The van der Waals surface area contributed by atoms with Gasteiger partial charge >= 0.3 is 0 Å². The number of anilines is 2. The summed E-state index contributed by atoms with van der Waals surface area (Å²) in [6, 6.07) is 5.73. The Bertz CT molecular complexity index is 711. The molecule has 5 nitrogen and oxygen atoms in total. The molecular weight excluding hydrogens is 314 g/mol. The van der Waals surface area contributed by atoms with Gasteiger partial charge in [-0.15, -0.1) is 10.2 Å². The number of nitrogens with zero attached hydrogens (tertiary/aromatic N) is 4. The van der Waals surface area contributed by atoms with Gasteiger partial charge in [0.2, 0.25) is 5.13 Å². The number of rotatable bonds is 2. The molecule has 0 aromatic carbocycles. The largest absolute Gasteiger partial charge is 0.315 e. The molecule has 18 heavy (non-hydrogen) atoms. The molecule has 0 fully saturated rings. The van der Waals surface area contributed by atoms with Crippen LogP contribution in [0.3, 0.4) is 0 Å². The lowest BCUT2D eigenvalue weighted by Gasteiger charge is -2.02. The summed E-state index contributed by atoms with van der Waals surface area (Å²) >= 11 is 4.88. The van der Waals surface area contributed by atoms with E-state index in [4.69, 9.17) is 0 Å². The highest BCUT2D eigenvalue weighted by atomic mass is 79.9. The van der Waals surface area contributed by atoms with Gasteiger partial charge in [0, 0.05) is 10.7 Å². The topological polar surface area (TPSA) is 63.6 Å². The fourth-order valence-electron chi connectivity index (χ4n) is 1.51. The minimum absolute atomic E-state index is 0.735. The molecular formula is C11H8BrN5S. The van der Waals surface area contributed by atoms with Crippen LogP contribution < -0.4 is 5.32 Å². The first-order valence-corrected chi connectivity index (χ1v) is 6.81. The van der Waals surface area contributed by atoms with Crippen molar-refractivity contribution >= 4 is 49.2 Å². The molecule has 0 radical (unpaired) electrons. The Labute approximate surface area is 115 Å². The van der Waals surface area contributed by atoms with Crippen LogP contribution in [-0.2, 0) is 0 Å². The molecule has 1 N–H and O–H groups in total. The Kier molecular flexibility index (Phi) is 2.92. The number of hydrogen-bond donors (Lipinski definition) is 1. The van der Waals surface area contributed by atoms with Gasteiger partial charge in [-0.3, -0.25) is 4.98 Å². The summed E-state index contributed by atoms with van der Waals surface area (Å²) in [4.78, 5) is 8.75. The quantitative estimate of drug-likeness (QED) is 0.784. The van der Waals surface area contributed by atoms with Gasteiger partial charge in [-0.25, -0.2) is 4.98 Å². The average Bonchev–Trinajstić information content (AvgIpc) is 2.74. The van der Waals surface area contributed by atoms with E-state index >= 15 is 0 Å². The summed E-state index contributed by atoms with van der Waals surface area (Å²) in [5, 5.41) is 12.7. The fourth-order valence-corrected chi connectivity index (χ4v) is 2.43. The van der Waals surface area contributed by atoms with E-state index in [2.05, 4.69) is 41.4 Å². The molecule has 3 aromatic heterocycles. The van der Waals surface area contributed by atoms with E-state index in [1.54, 1.807) is 6.20 Å². The zero-order valence-electron chi connectivity index (χ0n) is 9.38. The number of hydrogen-bond acceptors (Lipinski definition) is 6. The second-order valence-corrected chi connectivity index (χ2v) is 5.74. The van der Waals surface area contributed by atoms with Crippen LogP contribution in [0.25, 0.3) is 11.0 Å². The molecule has 0 unspecified atom stereocenters. The summed E-state index contributed by atoms with van der Waals surface area (Å²) in [5.41, 5.74) is 1.69. The van der Waals surface area contributed by atoms with Gasteiger partial charge in [0.05, 0.1) is 11.0 Å². The highest BCUT2D eigenvalue weighted by Crippen LogP contribution is 2.21. The molecule has 0 aliphatic rings. The Morgan fingerprint density at radius 2 is 2.11 bits per heavy atom. The second kappa shape index (κ2) is 4.58. The molecule has 3 rings (SSSR count). The standard InChI is InChI=1S/C11H8BrN5S/c1-6-16-17-11(18-6)15-10-3-2-8-9(14-10)4-7(12)5-13-8/h2-5H,1H3,(H,14,15,17). The molecule has 90 valence electrons. The third kappa shape index (κ3) is 2.32. The van der Waals surface area contributed by atoms with Gasteiger partial charge in [-0.05, 0) is 41.1 Å². The van der Waals surface area contributed by atoms with Crippen molar-refractivity contribution in [3.8, 4) is 0 Å². The summed E-state index contributed by atoms with van der Waals surface area (Å²) in [5.74, 6) is 0.735. The summed E-state index contributed by atoms with van der Waals surface area (Å²) in [6.45, 7) is 1.91. The lowest BCUT2D eigenvalue weighted by Crippen LogP contribution is -1.94. The Hall–Kier alpha value is -1.60. The Morgan fingerprint density at radius 1 is 1.22 bits per heavy atom. The Morgan fingerprint density at radius 3 is 2.89 bits per heavy atom. The van der Waals surface area contributed by atoms with E-state index in [1.165, 1.54) is 11.3 Å². The van der Waals surface area contributed by atoms with Gasteiger partial charge in [0.1, 0.15) is 10.8 Å². The third-order valence-corrected chi connectivity index (χ3v) is 3.45. The molecule has 0 amide bonds. The van der Waals surface area contributed by atoms with E-state index < -0.39 is 0 Å². The SMILES string of the molecule is Cc1nnc(Nc2ccc3ncc(Br)cc3n2)s1. The number of aryl methyl sites for hydroxylation is 1. The number of halogens is 1. The average molecular weight is 322 g/mol. The van der Waals surface area contributed by atoms with E-state index in [1.807, 2.05) is 25.1 Å². The predicted octanol–water partition coefficient (Wildman–Crippen LogP) is 3.30. The molecule has 0 spiro atoms. The number of pyridine rings is 2. The van der Waals surface area contributed by atoms with Crippen molar-refractivity contribution in [1.82, 2.24) is 20.2 Å². The van der Waals surface area contributed by atoms with E-state index in [-0.39, 0.29) is 0 Å². The van der Waals surface area contributed by atoms with Gasteiger partial charge in [0.25, 0.3) is 0 Å². The summed E-state index contributed by atoms with van der Waals surface area (Å²) in [7, 11) is 0. The van der Waals surface area contributed by atoms with Crippen molar-refractivity contribution < 1.29 is 0 Å². The summed E-state index contributed by atoms with van der Waals surface area (Å²) in [6.07, 6.45) is 1.76. The molecule has 3 heterocycles. The van der Waals surface area contributed by atoms with Crippen LogP contribution in [0.5, 0.6) is 0 Å². The van der Waals surface area contributed by atoms with E-state index in [9.17, 15) is 0 Å². The Balaban J connectivity index is 1.97. The van der Waals surface area contributed by atoms with Crippen molar-refractivity contribution in [2.45, 2.75) is 6.92 Å². The van der Waals surface area contributed by atoms with Crippen molar-refractivity contribution in [2.75, 3.05) is 5.32 Å². The van der Waals surface area contributed by atoms with Crippen LogP contribution in [0.4, 0.5) is 10.9 Å². The molecule has 3 aromatic rings. The van der Waals surface area contributed by atoms with Crippen molar-refractivity contribution in [3.63, 3.8) is 0 Å². The molecule has 0 aliphatic carbocycles. The van der Waals surface area contributed by atoms with Gasteiger partial charge in [-0.2, -0.15) is 0 Å². The first-order chi connectivity index (χ1) is 8.70. The number of aromatic nitrogens is 4. The van der Waals surface area contributed by atoms with Crippen molar-refractivity contribution in [2.24, 2.45) is 0 Å². The highest BCUT2D eigenvalue weighted by molar-refractivity contribution is 9.10. The summed E-state index contributed by atoms with van der Waals surface area (Å²) < 4.78 is 0.909. The molecule has 0 aliphatic heterocycles. The van der Waals surface area contributed by atoms with Crippen molar-refractivity contribution in [3.05, 3.63) is 33.9 Å². The molecule has 0 saturated heterocycles. The third-order valence-electron chi connectivity index (χ3n) is 2.27. The van der Waals surface area contributed by atoms with E-state index in [0.29, 0.717) is 0 Å². The highest BCUT2D eigenvalue weighted by Gasteiger charge is 2.04. The molecule has 0 saturated carbocycles. The first kappa shape index (κ1) is 11.5. The van der Waals surface area contributed by atoms with Gasteiger partial charge in [0.15, 0.2) is 0 Å². The minimum Gasteiger partial charge on any atom is -0.315 e. The maximum Gasteiger partial charge on any atom is 0.211 e. The van der Waals surface area contributed by atoms with E-state index in [0.717, 1.165) is 31.5 Å². The van der Waals surface area contributed by atoms with Crippen LogP contribution in [0.2, 0.25) is 0 Å². The minimum atomic E-state index is 0.735. The van der Waals surface area contributed by atoms with Crippen LogP contribution in [0.1, 0.15) is 5.01 Å². The first-order valence-electron chi connectivity index (χ1n) is 5.20. The lowest BCUT2D eigenvalue weighted by molar-refractivity contribution is 1.05. The van der Waals surface area contributed by atoms with Crippen molar-refractivity contribution in [1.29, 1.82) is 0 Å². The van der Waals surface area contributed by atoms with Crippen LogP contribution in [0, 0.1) is 6.92 Å². The smallest absolute Gasteiger partial charge is 0.211 e. The van der Waals surface area contributed by atoms with Gasteiger partial charge < -0.3 is 5.32 Å². The number of fused-ring (bicyclic) bond motifs is 1. The van der Waals surface area contributed by atoms with Crippen LogP contribution in [0.15, 0.2) is 28.9 Å². The molecule has 0 bridgehead atoms. The maximum atomic E-state index is 4.48. The second-order valence-electron chi connectivity index (χ2n) is 3.64. The fraction of sp³-hybridized carbons (Fsp3) is 0.0909. The van der Waals surface area contributed by atoms with Crippen LogP contribution >= 0.6 is 27.3 Å². The van der Waals surface area contributed by atoms with Crippen LogP contribution in [-0.4, -0.2) is 20.2 Å².